The van der Waals surface area contributed by atoms with Gasteiger partial charge in [0, 0.05) is 6.42 Å². The van der Waals surface area contributed by atoms with Crippen molar-refractivity contribution in [1.29, 1.82) is 0 Å². The molecule has 0 aliphatic rings. The van der Waals surface area contributed by atoms with E-state index in [0.29, 0.717) is 0 Å². The zero-order chi connectivity index (χ0) is 9.78. The molecule has 0 aromatic carbocycles. The molecule has 0 radical (unpaired) electrons. The number of rotatable bonds is 5. The Morgan fingerprint density at radius 1 is 1.58 bits per heavy atom. The van der Waals surface area contributed by atoms with Crippen LogP contribution < -0.4 is 0 Å². The first-order chi connectivity index (χ1) is 5.43. The standard InChI is InChI=1S/C6H8O5S/c1-2-5(8)6(3-4-7)12(9,10)11/h2,4,6H,1,3H2,(H,9,10,11). The summed E-state index contributed by atoms with van der Waals surface area (Å²) in [5, 5.41) is -1.70. The van der Waals surface area contributed by atoms with E-state index in [0.717, 1.165) is 6.08 Å². The summed E-state index contributed by atoms with van der Waals surface area (Å²) in [7, 11) is -4.49. The number of aldehydes is 1. The minimum atomic E-state index is -4.49. The molecule has 0 saturated heterocycles. The highest BCUT2D eigenvalue weighted by molar-refractivity contribution is 7.87. The van der Waals surface area contributed by atoms with E-state index < -0.39 is 27.6 Å². The second-order valence-electron chi connectivity index (χ2n) is 2.01. The highest BCUT2D eigenvalue weighted by Crippen LogP contribution is 2.04. The van der Waals surface area contributed by atoms with Gasteiger partial charge in [-0.3, -0.25) is 9.35 Å². The van der Waals surface area contributed by atoms with E-state index in [1.165, 1.54) is 0 Å². The summed E-state index contributed by atoms with van der Waals surface area (Å²) in [5.41, 5.74) is 0. The van der Waals surface area contributed by atoms with Gasteiger partial charge in [0.15, 0.2) is 11.0 Å². The van der Waals surface area contributed by atoms with Gasteiger partial charge >= 0.3 is 0 Å². The van der Waals surface area contributed by atoms with Crippen LogP contribution in [0.25, 0.3) is 0 Å². The van der Waals surface area contributed by atoms with Crippen LogP contribution >= 0.6 is 0 Å². The first-order valence-electron chi connectivity index (χ1n) is 2.99. The molecular formula is C6H8O5S. The molecule has 0 saturated carbocycles. The van der Waals surface area contributed by atoms with Crippen LogP contribution in [0.5, 0.6) is 0 Å². The summed E-state index contributed by atoms with van der Waals surface area (Å²) in [6.45, 7) is 3.04. The fraction of sp³-hybridized carbons (Fsp3) is 0.333. The van der Waals surface area contributed by atoms with Gasteiger partial charge in [-0.05, 0) is 6.08 Å². The van der Waals surface area contributed by atoms with Gasteiger partial charge in [-0.25, -0.2) is 0 Å². The Hall–Kier alpha value is -1.01. The Kier molecular flexibility index (Phi) is 3.78. The second-order valence-corrected chi connectivity index (χ2v) is 3.61. The molecule has 68 valence electrons. The molecule has 1 unspecified atom stereocenters. The van der Waals surface area contributed by atoms with Crippen LogP contribution in [-0.2, 0) is 19.7 Å². The number of carbonyl (C=O) groups excluding carboxylic acids is 2. The molecule has 0 bridgehead atoms. The van der Waals surface area contributed by atoms with E-state index in [9.17, 15) is 18.0 Å². The Bertz CT molecular complexity index is 289. The lowest BCUT2D eigenvalue weighted by Crippen LogP contribution is -2.28. The highest BCUT2D eigenvalue weighted by atomic mass is 32.2. The number of allylic oxidation sites excluding steroid dienone is 1. The quantitative estimate of drug-likeness (QED) is 0.363. The first kappa shape index (κ1) is 11.0. The number of ketones is 1. The Balaban J connectivity index is 4.79. The van der Waals surface area contributed by atoms with Crippen LogP contribution in [-0.4, -0.2) is 30.3 Å². The predicted octanol–water partition coefficient (Wildman–Crippen LogP) is -0.413. The van der Waals surface area contributed by atoms with Crippen molar-refractivity contribution >= 4 is 22.2 Å². The molecule has 5 nitrogen and oxygen atoms in total. The zero-order valence-electron chi connectivity index (χ0n) is 6.13. The molecule has 0 amide bonds. The van der Waals surface area contributed by atoms with Crippen molar-refractivity contribution in [3.05, 3.63) is 12.7 Å². The van der Waals surface area contributed by atoms with Crippen LogP contribution in [0.1, 0.15) is 6.42 Å². The van der Waals surface area contributed by atoms with E-state index in [4.69, 9.17) is 4.55 Å². The fourth-order valence-corrected chi connectivity index (χ4v) is 1.31. The van der Waals surface area contributed by atoms with Crippen molar-refractivity contribution in [2.45, 2.75) is 11.7 Å². The summed E-state index contributed by atoms with van der Waals surface area (Å²) in [6.07, 6.45) is 0.450. The van der Waals surface area contributed by atoms with Crippen molar-refractivity contribution in [2.24, 2.45) is 0 Å². The molecule has 0 aliphatic heterocycles. The maximum atomic E-state index is 10.7. The van der Waals surface area contributed by atoms with Gasteiger partial charge in [0.1, 0.15) is 6.29 Å². The van der Waals surface area contributed by atoms with Crippen LogP contribution in [0.2, 0.25) is 0 Å². The average Bonchev–Trinajstić information content (AvgIpc) is 1.96. The SMILES string of the molecule is C=CC(=O)C(CC=O)S(=O)(=O)O. The monoisotopic (exact) mass is 192 g/mol. The van der Waals surface area contributed by atoms with Crippen molar-refractivity contribution in [3.8, 4) is 0 Å². The molecule has 0 aromatic heterocycles. The normalized spacial score (nSPS) is 13.4. The smallest absolute Gasteiger partial charge is 0.275 e. The average molecular weight is 192 g/mol. The van der Waals surface area contributed by atoms with E-state index in [2.05, 4.69) is 6.58 Å². The molecule has 0 fully saturated rings. The minimum absolute atomic E-state index is 0.250. The Morgan fingerprint density at radius 3 is 2.33 bits per heavy atom. The molecule has 6 heteroatoms. The molecule has 0 spiro atoms. The lowest BCUT2D eigenvalue weighted by atomic mass is 10.2. The van der Waals surface area contributed by atoms with Crippen LogP contribution in [0.4, 0.5) is 0 Å². The molecule has 0 aromatic rings. The first-order valence-corrected chi connectivity index (χ1v) is 4.50. The largest absolute Gasteiger partial charge is 0.303 e. The molecule has 0 aliphatic carbocycles. The van der Waals surface area contributed by atoms with Crippen LogP contribution in [0.15, 0.2) is 12.7 Å². The maximum absolute atomic E-state index is 10.7. The van der Waals surface area contributed by atoms with E-state index in [1.54, 1.807) is 0 Å². The topological polar surface area (TPSA) is 88.5 Å². The van der Waals surface area contributed by atoms with Crippen molar-refractivity contribution in [3.63, 3.8) is 0 Å². The zero-order valence-corrected chi connectivity index (χ0v) is 6.95. The summed E-state index contributed by atoms with van der Waals surface area (Å²) in [5.74, 6) is -0.885. The molecule has 0 rings (SSSR count). The Labute approximate surface area is 69.8 Å². The highest BCUT2D eigenvalue weighted by Gasteiger charge is 2.28. The van der Waals surface area contributed by atoms with Gasteiger partial charge in [-0.1, -0.05) is 6.58 Å². The summed E-state index contributed by atoms with van der Waals surface area (Å²) in [6, 6.07) is 0. The molecule has 12 heavy (non-hydrogen) atoms. The summed E-state index contributed by atoms with van der Waals surface area (Å²) < 4.78 is 29.4. The fourth-order valence-electron chi connectivity index (χ4n) is 0.603. The van der Waals surface area contributed by atoms with Crippen LogP contribution in [0, 0.1) is 0 Å². The number of hydrogen-bond acceptors (Lipinski definition) is 4. The lowest BCUT2D eigenvalue weighted by molar-refractivity contribution is -0.116. The third-order valence-electron chi connectivity index (χ3n) is 1.19. The van der Waals surface area contributed by atoms with E-state index >= 15 is 0 Å². The van der Waals surface area contributed by atoms with Gasteiger partial charge in [0.25, 0.3) is 10.1 Å². The molecule has 1 atom stereocenters. The van der Waals surface area contributed by atoms with Gasteiger partial charge in [-0.15, -0.1) is 0 Å². The minimum Gasteiger partial charge on any atom is -0.303 e. The third kappa shape index (κ3) is 2.93. The third-order valence-corrected chi connectivity index (χ3v) is 2.33. The van der Waals surface area contributed by atoms with Crippen molar-refractivity contribution in [2.75, 3.05) is 0 Å². The summed E-state index contributed by atoms with van der Waals surface area (Å²) >= 11 is 0. The Morgan fingerprint density at radius 2 is 2.08 bits per heavy atom. The second kappa shape index (κ2) is 4.13. The number of carbonyl (C=O) groups is 2. The predicted molar refractivity (Wildman–Crippen MR) is 41.2 cm³/mol. The van der Waals surface area contributed by atoms with Gasteiger partial charge in [0.2, 0.25) is 0 Å². The van der Waals surface area contributed by atoms with E-state index in [-0.39, 0.29) is 6.29 Å². The number of hydrogen-bond donors (Lipinski definition) is 1. The van der Waals surface area contributed by atoms with Gasteiger partial charge in [0.05, 0.1) is 0 Å². The van der Waals surface area contributed by atoms with Gasteiger partial charge in [-0.2, -0.15) is 8.42 Å². The van der Waals surface area contributed by atoms with Crippen molar-refractivity contribution < 1.29 is 22.6 Å². The van der Waals surface area contributed by atoms with Crippen molar-refractivity contribution in [1.82, 2.24) is 0 Å². The molecular weight excluding hydrogens is 184 g/mol. The molecule has 0 heterocycles. The molecule has 1 N–H and O–H groups in total. The van der Waals surface area contributed by atoms with Gasteiger partial charge < -0.3 is 4.79 Å². The lowest BCUT2D eigenvalue weighted by Gasteiger charge is -2.05. The van der Waals surface area contributed by atoms with E-state index in [1.807, 2.05) is 0 Å². The summed E-state index contributed by atoms with van der Waals surface area (Å²) in [4.78, 5) is 20.7. The van der Waals surface area contributed by atoms with Crippen LogP contribution in [0.3, 0.4) is 0 Å². The maximum Gasteiger partial charge on any atom is 0.275 e.